The first-order valence-corrected chi connectivity index (χ1v) is 8.09. The molecule has 0 aliphatic carbocycles. The SMILES string of the molecule is O=C(O)C1CCN(c2ccc(N3CCC(O)C(O)C3)nc2)CC1. The molecule has 0 bridgehead atoms. The molecule has 0 spiro atoms. The number of carboxylic acid groups (broad SMARTS) is 1. The number of aliphatic carboxylic acids is 1. The Bertz CT molecular complexity index is 543. The number of aromatic nitrogens is 1. The Hall–Kier alpha value is -1.86. The first kappa shape index (κ1) is 16.0. The Morgan fingerprint density at radius 1 is 1.04 bits per heavy atom. The van der Waals surface area contributed by atoms with Crippen molar-refractivity contribution in [1.29, 1.82) is 0 Å². The van der Waals surface area contributed by atoms with Gasteiger partial charge in [0.2, 0.25) is 0 Å². The van der Waals surface area contributed by atoms with Gasteiger partial charge in [-0.25, -0.2) is 4.98 Å². The number of carbonyl (C=O) groups is 1. The lowest BCUT2D eigenvalue weighted by atomic mass is 9.97. The van der Waals surface area contributed by atoms with Gasteiger partial charge in [0.1, 0.15) is 5.82 Å². The Labute approximate surface area is 135 Å². The van der Waals surface area contributed by atoms with E-state index in [1.165, 1.54) is 0 Å². The van der Waals surface area contributed by atoms with Crippen LogP contribution in [0.2, 0.25) is 0 Å². The van der Waals surface area contributed by atoms with E-state index in [1.54, 1.807) is 6.20 Å². The first-order valence-electron chi connectivity index (χ1n) is 8.09. The fourth-order valence-electron chi connectivity index (χ4n) is 3.26. The molecule has 1 aromatic rings. The Morgan fingerprint density at radius 3 is 2.30 bits per heavy atom. The second kappa shape index (κ2) is 6.72. The Balaban J connectivity index is 1.61. The lowest BCUT2D eigenvalue weighted by Crippen LogP contribution is -2.47. The average molecular weight is 321 g/mol. The van der Waals surface area contributed by atoms with Crippen molar-refractivity contribution in [3.8, 4) is 0 Å². The van der Waals surface area contributed by atoms with Crippen LogP contribution in [0.25, 0.3) is 0 Å². The zero-order valence-electron chi connectivity index (χ0n) is 13.0. The fraction of sp³-hybridized carbons (Fsp3) is 0.625. The van der Waals surface area contributed by atoms with Crippen molar-refractivity contribution in [3.05, 3.63) is 18.3 Å². The van der Waals surface area contributed by atoms with Gasteiger partial charge in [0.05, 0.1) is 30.0 Å². The van der Waals surface area contributed by atoms with Gasteiger partial charge in [-0.2, -0.15) is 0 Å². The van der Waals surface area contributed by atoms with E-state index in [-0.39, 0.29) is 5.92 Å². The highest BCUT2D eigenvalue weighted by atomic mass is 16.4. The highest BCUT2D eigenvalue weighted by molar-refractivity contribution is 5.70. The van der Waals surface area contributed by atoms with E-state index in [4.69, 9.17) is 5.11 Å². The lowest BCUT2D eigenvalue weighted by Gasteiger charge is -2.35. The largest absolute Gasteiger partial charge is 0.481 e. The van der Waals surface area contributed by atoms with Crippen molar-refractivity contribution in [2.45, 2.75) is 31.5 Å². The predicted octanol–water partition coefficient (Wildman–Crippen LogP) is 0.314. The number of hydrogen-bond donors (Lipinski definition) is 3. The summed E-state index contributed by atoms with van der Waals surface area (Å²) < 4.78 is 0. The minimum atomic E-state index is -0.736. The summed E-state index contributed by atoms with van der Waals surface area (Å²) in [6.45, 7) is 2.52. The molecule has 7 heteroatoms. The molecule has 2 aliphatic heterocycles. The maximum atomic E-state index is 11.0. The molecule has 2 aliphatic rings. The van der Waals surface area contributed by atoms with Gasteiger partial charge in [-0.3, -0.25) is 4.79 Å². The van der Waals surface area contributed by atoms with Gasteiger partial charge in [-0.05, 0) is 31.4 Å². The van der Waals surface area contributed by atoms with Crippen LogP contribution in [0.3, 0.4) is 0 Å². The zero-order valence-corrected chi connectivity index (χ0v) is 13.0. The molecule has 0 amide bonds. The number of nitrogens with zero attached hydrogens (tertiary/aromatic N) is 3. The van der Waals surface area contributed by atoms with Gasteiger partial charge in [-0.1, -0.05) is 0 Å². The van der Waals surface area contributed by atoms with Crippen molar-refractivity contribution >= 4 is 17.5 Å². The zero-order chi connectivity index (χ0) is 16.4. The number of aliphatic hydroxyl groups is 2. The minimum Gasteiger partial charge on any atom is -0.481 e. The molecule has 7 nitrogen and oxygen atoms in total. The summed E-state index contributed by atoms with van der Waals surface area (Å²) in [5.74, 6) is -0.149. The molecule has 3 heterocycles. The van der Waals surface area contributed by atoms with Crippen molar-refractivity contribution in [2.24, 2.45) is 5.92 Å². The van der Waals surface area contributed by atoms with Crippen molar-refractivity contribution in [2.75, 3.05) is 36.0 Å². The van der Waals surface area contributed by atoms with E-state index in [0.29, 0.717) is 32.4 Å². The maximum absolute atomic E-state index is 11.0. The van der Waals surface area contributed by atoms with Crippen LogP contribution in [0, 0.1) is 5.92 Å². The summed E-state index contributed by atoms with van der Waals surface area (Å²) in [6, 6.07) is 3.91. The first-order chi connectivity index (χ1) is 11.0. The van der Waals surface area contributed by atoms with Gasteiger partial charge in [0.25, 0.3) is 0 Å². The third kappa shape index (κ3) is 3.56. The predicted molar refractivity (Wildman–Crippen MR) is 85.7 cm³/mol. The van der Waals surface area contributed by atoms with Crippen LogP contribution in [-0.4, -0.2) is 64.7 Å². The van der Waals surface area contributed by atoms with Crippen LogP contribution >= 0.6 is 0 Å². The molecule has 0 aromatic carbocycles. The molecular weight excluding hydrogens is 298 g/mol. The molecule has 23 heavy (non-hydrogen) atoms. The number of β-amino-alcohol motifs (C(OH)–C–C–N with tert-alkyl or cyclic N) is 1. The van der Waals surface area contributed by atoms with Crippen molar-refractivity contribution < 1.29 is 20.1 Å². The molecule has 126 valence electrons. The summed E-state index contributed by atoms with van der Waals surface area (Å²) in [5, 5.41) is 28.4. The van der Waals surface area contributed by atoms with Gasteiger partial charge >= 0.3 is 5.97 Å². The van der Waals surface area contributed by atoms with E-state index in [2.05, 4.69) is 9.88 Å². The Morgan fingerprint density at radius 2 is 1.74 bits per heavy atom. The standard InChI is InChI=1S/C16H23N3O4/c20-13-5-8-19(10-14(13)21)15-2-1-12(9-17-15)18-6-3-11(4-7-18)16(22)23/h1-2,9,11,13-14,20-21H,3-8,10H2,(H,22,23). The quantitative estimate of drug-likeness (QED) is 0.737. The molecule has 2 atom stereocenters. The highest BCUT2D eigenvalue weighted by Crippen LogP contribution is 2.25. The maximum Gasteiger partial charge on any atom is 0.306 e. The summed E-state index contributed by atoms with van der Waals surface area (Å²) in [7, 11) is 0. The topological polar surface area (TPSA) is 97.1 Å². The summed E-state index contributed by atoms with van der Waals surface area (Å²) in [4.78, 5) is 19.6. The van der Waals surface area contributed by atoms with Crippen LogP contribution in [0.5, 0.6) is 0 Å². The molecule has 0 radical (unpaired) electrons. The number of aliphatic hydroxyl groups excluding tert-OH is 2. The number of anilines is 2. The van der Waals surface area contributed by atoms with Crippen LogP contribution in [0.15, 0.2) is 18.3 Å². The van der Waals surface area contributed by atoms with Gasteiger partial charge in [0, 0.05) is 26.2 Å². The third-order valence-electron chi connectivity index (χ3n) is 4.81. The molecule has 3 rings (SSSR count). The number of hydrogen-bond acceptors (Lipinski definition) is 6. The third-order valence-corrected chi connectivity index (χ3v) is 4.81. The van der Waals surface area contributed by atoms with Crippen LogP contribution in [0.4, 0.5) is 11.5 Å². The van der Waals surface area contributed by atoms with E-state index in [1.807, 2.05) is 17.0 Å². The van der Waals surface area contributed by atoms with E-state index >= 15 is 0 Å². The normalized spacial score (nSPS) is 26.3. The number of carboxylic acids is 1. The van der Waals surface area contributed by atoms with Crippen molar-refractivity contribution in [1.82, 2.24) is 4.98 Å². The molecule has 2 unspecified atom stereocenters. The second-order valence-corrected chi connectivity index (χ2v) is 6.34. The highest BCUT2D eigenvalue weighted by Gasteiger charge is 2.27. The lowest BCUT2D eigenvalue weighted by molar-refractivity contribution is -0.142. The number of rotatable bonds is 3. The van der Waals surface area contributed by atoms with Crippen molar-refractivity contribution in [3.63, 3.8) is 0 Å². The molecule has 2 fully saturated rings. The fourth-order valence-corrected chi connectivity index (χ4v) is 3.26. The average Bonchev–Trinajstić information content (AvgIpc) is 2.57. The monoisotopic (exact) mass is 321 g/mol. The molecular formula is C16H23N3O4. The van der Waals surface area contributed by atoms with Crippen LogP contribution in [0.1, 0.15) is 19.3 Å². The molecule has 3 N–H and O–H groups in total. The minimum absolute atomic E-state index is 0.236. The summed E-state index contributed by atoms with van der Waals surface area (Å²) in [6.07, 6.45) is 2.27. The van der Waals surface area contributed by atoms with Gasteiger partial charge in [-0.15, -0.1) is 0 Å². The molecule has 2 saturated heterocycles. The number of pyridine rings is 1. The number of piperidine rings is 2. The van der Waals surface area contributed by atoms with Gasteiger partial charge in [0.15, 0.2) is 0 Å². The van der Waals surface area contributed by atoms with Crippen LogP contribution < -0.4 is 9.80 Å². The van der Waals surface area contributed by atoms with Gasteiger partial charge < -0.3 is 25.1 Å². The molecule has 1 aromatic heterocycles. The second-order valence-electron chi connectivity index (χ2n) is 6.34. The Kier molecular flexibility index (Phi) is 4.68. The van der Waals surface area contributed by atoms with E-state index in [0.717, 1.165) is 24.6 Å². The van der Waals surface area contributed by atoms with E-state index in [9.17, 15) is 15.0 Å². The van der Waals surface area contributed by atoms with E-state index < -0.39 is 18.2 Å². The molecule has 0 saturated carbocycles. The summed E-state index contributed by atoms with van der Waals surface area (Å²) in [5.41, 5.74) is 0.996. The summed E-state index contributed by atoms with van der Waals surface area (Å²) >= 11 is 0. The van der Waals surface area contributed by atoms with Crippen LogP contribution in [-0.2, 0) is 4.79 Å². The smallest absolute Gasteiger partial charge is 0.306 e.